The van der Waals surface area contributed by atoms with E-state index in [1.807, 2.05) is 41.3 Å². The van der Waals surface area contributed by atoms with Crippen molar-refractivity contribution in [3.63, 3.8) is 0 Å². The van der Waals surface area contributed by atoms with E-state index in [9.17, 15) is 4.79 Å². The van der Waals surface area contributed by atoms with E-state index in [0.29, 0.717) is 12.5 Å². The lowest BCUT2D eigenvalue weighted by Gasteiger charge is -2.30. The van der Waals surface area contributed by atoms with Crippen molar-refractivity contribution in [1.29, 1.82) is 0 Å². The average molecular weight is 279 g/mol. The van der Waals surface area contributed by atoms with E-state index in [4.69, 9.17) is 0 Å². The molecule has 1 saturated carbocycles. The lowest BCUT2D eigenvalue weighted by atomic mass is 10.1. The Morgan fingerprint density at radius 3 is 2.19 bits per heavy atom. The first-order chi connectivity index (χ1) is 10.3. The summed E-state index contributed by atoms with van der Waals surface area (Å²) < 4.78 is 0. The highest BCUT2D eigenvalue weighted by Crippen LogP contribution is 2.34. The Labute approximate surface area is 126 Å². The van der Waals surface area contributed by atoms with Crippen molar-refractivity contribution < 1.29 is 4.79 Å². The van der Waals surface area contributed by atoms with Crippen LogP contribution in [-0.2, 0) is 11.3 Å². The van der Waals surface area contributed by atoms with Crippen LogP contribution in [-0.4, -0.2) is 10.8 Å². The number of nitrogens with zero attached hydrogens (tertiary/aromatic N) is 1. The number of hydrogen-bond acceptors (Lipinski definition) is 1. The molecule has 21 heavy (non-hydrogen) atoms. The van der Waals surface area contributed by atoms with Gasteiger partial charge in [-0.3, -0.25) is 4.79 Å². The summed E-state index contributed by atoms with van der Waals surface area (Å²) in [6.07, 6.45) is 2.09. The minimum atomic E-state index is 0.111. The van der Waals surface area contributed by atoms with Crippen LogP contribution >= 0.6 is 0 Å². The zero-order valence-electron chi connectivity index (χ0n) is 12.4. The third-order valence-electron chi connectivity index (χ3n) is 4.15. The molecule has 0 saturated heterocycles. The minimum absolute atomic E-state index is 0.111. The summed E-state index contributed by atoms with van der Waals surface area (Å²) >= 11 is 0. The molecule has 2 aromatic carbocycles. The van der Waals surface area contributed by atoms with Crippen LogP contribution in [0.5, 0.6) is 0 Å². The second kappa shape index (κ2) is 6.13. The fourth-order valence-corrected chi connectivity index (χ4v) is 2.66. The van der Waals surface area contributed by atoms with Gasteiger partial charge in [0.15, 0.2) is 0 Å². The standard InChI is InChI=1S/C19H21NO/c1-15(17-10-6-3-7-11-17)20(19(21)18-12-13-18)14-16-8-4-2-5-9-16/h2-11,15,18H,12-14H2,1H3/t15-/m1/s1. The van der Waals surface area contributed by atoms with Gasteiger partial charge in [-0.2, -0.15) is 0 Å². The van der Waals surface area contributed by atoms with E-state index in [2.05, 4.69) is 31.2 Å². The van der Waals surface area contributed by atoms with Gasteiger partial charge in [-0.1, -0.05) is 60.7 Å². The summed E-state index contributed by atoms with van der Waals surface area (Å²) in [4.78, 5) is 14.7. The topological polar surface area (TPSA) is 20.3 Å². The van der Waals surface area contributed by atoms with Crippen molar-refractivity contribution in [2.75, 3.05) is 0 Å². The molecule has 0 N–H and O–H groups in total. The van der Waals surface area contributed by atoms with Crippen LogP contribution in [0, 0.1) is 5.92 Å². The Hall–Kier alpha value is -2.09. The number of rotatable bonds is 5. The number of carbonyl (C=O) groups is 1. The SMILES string of the molecule is C[C@H](c1ccccc1)N(Cc1ccccc1)C(=O)C1CC1. The number of hydrogen-bond donors (Lipinski definition) is 0. The molecular weight excluding hydrogens is 258 g/mol. The molecule has 1 aliphatic rings. The minimum Gasteiger partial charge on any atom is -0.331 e. The highest BCUT2D eigenvalue weighted by atomic mass is 16.2. The lowest BCUT2D eigenvalue weighted by Crippen LogP contribution is -2.34. The zero-order valence-corrected chi connectivity index (χ0v) is 12.4. The number of benzene rings is 2. The van der Waals surface area contributed by atoms with Gasteiger partial charge in [0, 0.05) is 12.5 Å². The normalized spacial score (nSPS) is 15.5. The van der Waals surface area contributed by atoms with E-state index >= 15 is 0 Å². The van der Waals surface area contributed by atoms with Crippen LogP contribution in [0.1, 0.15) is 36.9 Å². The van der Waals surface area contributed by atoms with Crippen LogP contribution in [0.2, 0.25) is 0 Å². The molecule has 3 rings (SSSR count). The molecule has 1 aliphatic carbocycles. The van der Waals surface area contributed by atoms with Gasteiger partial charge >= 0.3 is 0 Å². The lowest BCUT2D eigenvalue weighted by molar-refractivity contribution is -0.135. The summed E-state index contributed by atoms with van der Waals surface area (Å²) in [6, 6.07) is 20.6. The maximum Gasteiger partial charge on any atom is 0.226 e. The molecule has 2 nitrogen and oxygen atoms in total. The molecule has 1 fully saturated rings. The van der Waals surface area contributed by atoms with Gasteiger partial charge < -0.3 is 4.90 Å². The van der Waals surface area contributed by atoms with Crippen LogP contribution in [0.3, 0.4) is 0 Å². The monoisotopic (exact) mass is 279 g/mol. The Morgan fingerprint density at radius 2 is 1.62 bits per heavy atom. The number of amides is 1. The molecule has 0 aromatic heterocycles. The first-order valence-electron chi connectivity index (χ1n) is 7.65. The number of carbonyl (C=O) groups excluding carboxylic acids is 1. The summed E-state index contributed by atoms with van der Waals surface area (Å²) in [5.41, 5.74) is 2.39. The molecule has 2 aromatic rings. The average Bonchev–Trinajstić information content (AvgIpc) is 3.38. The first kappa shape index (κ1) is 13.9. The molecule has 0 bridgehead atoms. The fraction of sp³-hybridized carbons (Fsp3) is 0.316. The summed E-state index contributed by atoms with van der Waals surface area (Å²) in [5.74, 6) is 0.551. The van der Waals surface area contributed by atoms with Gasteiger partial charge in [0.1, 0.15) is 0 Å². The van der Waals surface area contributed by atoms with Crippen LogP contribution < -0.4 is 0 Å². The highest BCUT2D eigenvalue weighted by Gasteiger charge is 2.35. The van der Waals surface area contributed by atoms with E-state index in [1.165, 1.54) is 11.1 Å². The van der Waals surface area contributed by atoms with Crippen molar-refractivity contribution in [3.8, 4) is 0 Å². The predicted molar refractivity (Wildman–Crippen MR) is 84.6 cm³/mol. The summed E-state index contributed by atoms with van der Waals surface area (Å²) in [6.45, 7) is 2.81. The Kier molecular flexibility index (Phi) is 4.05. The van der Waals surface area contributed by atoms with Gasteiger partial charge in [-0.15, -0.1) is 0 Å². The van der Waals surface area contributed by atoms with Gasteiger partial charge in [-0.05, 0) is 30.9 Å². The Balaban J connectivity index is 1.83. The molecule has 0 heterocycles. The van der Waals surface area contributed by atoms with E-state index in [0.717, 1.165) is 12.8 Å². The first-order valence-corrected chi connectivity index (χ1v) is 7.65. The van der Waals surface area contributed by atoms with Crippen LogP contribution in [0.25, 0.3) is 0 Å². The summed E-state index contributed by atoms with van der Waals surface area (Å²) in [5, 5.41) is 0. The Morgan fingerprint density at radius 1 is 1.05 bits per heavy atom. The molecule has 0 unspecified atom stereocenters. The van der Waals surface area contributed by atoms with Crippen molar-refractivity contribution in [2.45, 2.75) is 32.4 Å². The molecule has 0 radical (unpaired) electrons. The van der Waals surface area contributed by atoms with Crippen molar-refractivity contribution in [3.05, 3.63) is 71.8 Å². The molecule has 108 valence electrons. The van der Waals surface area contributed by atoms with Gasteiger partial charge in [0.05, 0.1) is 6.04 Å². The van der Waals surface area contributed by atoms with Gasteiger partial charge in [0.25, 0.3) is 0 Å². The Bertz CT molecular complexity index is 589. The molecule has 1 amide bonds. The molecule has 0 spiro atoms. The zero-order chi connectivity index (χ0) is 14.7. The largest absolute Gasteiger partial charge is 0.331 e. The fourth-order valence-electron chi connectivity index (χ4n) is 2.66. The van der Waals surface area contributed by atoms with E-state index in [-0.39, 0.29) is 12.0 Å². The second-order valence-corrected chi connectivity index (χ2v) is 5.81. The highest BCUT2D eigenvalue weighted by molar-refractivity contribution is 5.81. The predicted octanol–water partition coefficient (Wildman–Crippen LogP) is 4.19. The van der Waals surface area contributed by atoms with Gasteiger partial charge in [-0.25, -0.2) is 0 Å². The van der Waals surface area contributed by atoms with E-state index in [1.54, 1.807) is 0 Å². The molecule has 1 atom stereocenters. The summed E-state index contributed by atoms with van der Waals surface area (Å²) in [7, 11) is 0. The quantitative estimate of drug-likeness (QED) is 0.803. The second-order valence-electron chi connectivity index (χ2n) is 5.81. The smallest absolute Gasteiger partial charge is 0.226 e. The third-order valence-corrected chi connectivity index (χ3v) is 4.15. The maximum atomic E-state index is 12.7. The van der Waals surface area contributed by atoms with E-state index < -0.39 is 0 Å². The molecule has 0 aliphatic heterocycles. The van der Waals surface area contributed by atoms with Crippen molar-refractivity contribution >= 4 is 5.91 Å². The third kappa shape index (κ3) is 3.33. The maximum absolute atomic E-state index is 12.7. The van der Waals surface area contributed by atoms with Crippen LogP contribution in [0.15, 0.2) is 60.7 Å². The van der Waals surface area contributed by atoms with Gasteiger partial charge in [0.2, 0.25) is 5.91 Å². The van der Waals surface area contributed by atoms with Crippen molar-refractivity contribution in [1.82, 2.24) is 4.90 Å². The molecule has 2 heteroatoms. The van der Waals surface area contributed by atoms with Crippen molar-refractivity contribution in [2.24, 2.45) is 5.92 Å². The molecular formula is C19H21NO. The van der Waals surface area contributed by atoms with Crippen LogP contribution in [0.4, 0.5) is 0 Å².